The van der Waals surface area contributed by atoms with Gasteiger partial charge in [0.05, 0.1) is 11.6 Å². The largest absolute Gasteiger partial charge is 0.371 e. The number of nitrogens with zero attached hydrogens (tertiary/aromatic N) is 2. The highest BCUT2D eigenvalue weighted by Crippen LogP contribution is 2.44. The molecule has 0 unspecified atom stereocenters. The zero-order valence-corrected chi connectivity index (χ0v) is 22.1. The molecule has 0 amide bonds. The quantitative estimate of drug-likeness (QED) is 0.381. The minimum Gasteiger partial charge on any atom is -0.371 e. The van der Waals surface area contributed by atoms with Crippen LogP contribution < -0.4 is 10.2 Å². The molecule has 0 radical (unpaired) electrons. The molecule has 0 spiro atoms. The van der Waals surface area contributed by atoms with Gasteiger partial charge in [-0.05, 0) is 93.0 Å². The van der Waals surface area contributed by atoms with E-state index in [9.17, 15) is 10.1 Å². The van der Waals surface area contributed by atoms with E-state index < -0.39 is 0 Å². The van der Waals surface area contributed by atoms with Crippen LogP contribution >= 0.6 is 0 Å². The zero-order valence-electron chi connectivity index (χ0n) is 22.1. The van der Waals surface area contributed by atoms with Crippen molar-refractivity contribution >= 4 is 17.5 Å². The number of piperidine rings is 1. The molecule has 36 heavy (non-hydrogen) atoms. The number of rotatable bonds is 7. The molecule has 1 saturated carbocycles. The van der Waals surface area contributed by atoms with Crippen molar-refractivity contribution in [3.8, 4) is 6.07 Å². The highest BCUT2D eigenvalue weighted by atomic mass is 16.1. The lowest BCUT2D eigenvalue weighted by Crippen LogP contribution is -2.43. The normalized spacial score (nSPS) is 19.9. The van der Waals surface area contributed by atoms with Crippen LogP contribution in [-0.4, -0.2) is 36.4 Å². The lowest BCUT2D eigenvalue weighted by Gasteiger charge is -2.38. The molecule has 1 saturated heterocycles. The number of nitriles is 1. The summed E-state index contributed by atoms with van der Waals surface area (Å²) in [6.07, 6.45) is 11.5. The first kappa shape index (κ1) is 24.6. The van der Waals surface area contributed by atoms with Crippen molar-refractivity contribution in [2.45, 2.75) is 71.3 Å². The number of nitrogens with one attached hydrogen (secondary N) is 2. The predicted octanol–water partition coefficient (Wildman–Crippen LogP) is 5.90. The Balaban J connectivity index is 1.46. The second-order valence-corrected chi connectivity index (χ2v) is 11.2. The van der Waals surface area contributed by atoms with Crippen molar-refractivity contribution in [1.82, 2.24) is 10.3 Å². The van der Waals surface area contributed by atoms with E-state index in [0.29, 0.717) is 17.2 Å². The summed E-state index contributed by atoms with van der Waals surface area (Å²) in [6.45, 7) is 11.7. The fourth-order valence-electron chi connectivity index (χ4n) is 5.87. The van der Waals surface area contributed by atoms with E-state index in [1.807, 2.05) is 25.1 Å². The average Bonchev–Trinajstić information content (AvgIpc) is 3.62. The first-order valence-corrected chi connectivity index (χ1v) is 13.5. The number of H-pyrrole nitrogens is 1. The SMILES string of the molecule is C/C=C\C(C#N)=C/c1cc2c([nH]1)C(C)(C)c1cc(N3CCC(NCC4CC4)CC3)c(CC)cc1C2=O. The number of anilines is 1. The van der Waals surface area contributed by atoms with Crippen molar-refractivity contribution in [2.75, 3.05) is 24.5 Å². The van der Waals surface area contributed by atoms with Gasteiger partial charge in [0.2, 0.25) is 0 Å². The van der Waals surface area contributed by atoms with E-state index in [-0.39, 0.29) is 11.2 Å². The molecule has 0 bridgehead atoms. The van der Waals surface area contributed by atoms with Gasteiger partial charge in [0, 0.05) is 52.7 Å². The third-order valence-electron chi connectivity index (χ3n) is 8.24. The first-order chi connectivity index (χ1) is 17.3. The van der Waals surface area contributed by atoms with Gasteiger partial charge in [0.25, 0.3) is 0 Å². The Morgan fingerprint density at radius 1 is 1.19 bits per heavy atom. The molecule has 2 heterocycles. The van der Waals surface area contributed by atoms with Gasteiger partial charge in [-0.2, -0.15) is 5.26 Å². The summed E-state index contributed by atoms with van der Waals surface area (Å²) in [4.78, 5) is 19.7. The van der Waals surface area contributed by atoms with E-state index in [4.69, 9.17) is 0 Å². The molecule has 2 aliphatic carbocycles. The summed E-state index contributed by atoms with van der Waals surface area (Å²) in [5, 5.41) is 13.2. The molecule has 5 rings (SSSR count). The van der Waals surface area contributed by atoms with Crippen molar-refractivity contribution < 1.29 is 4.79 Å². The van der Waals surface area contributed by atoms with Crippen LogP contribution in [0.15, 0.2) is 35.9 Å². The molecule has 1 aromatic carbocycles. The summed E-state index contributed by atoms with van der Waals surface area (Å²) < 4.78 is 0. The average molecular weight is 483 g/mol. The second-order valence-electron chi connectivity index (χ2n) is 11.2. The van der Waals surface area contributed by atoms with Gasteiger partial charge in [-0.1, -0.05) is 26.8 Å². The Bertz CT molecular complexity index is 1260. The topological polar surface area (TPSA) is 71.9 Å². The fourth-order valence-corrected chi connectivity index (χ4v) is 5.87. The molecule has 5 heteroatoms. The van der Waals surface area contributed by atoms with Gasteiger partial charge in [-0.3, -0.25) is 4.79 Å². The first-order valence-electron chi connectivity index (χ1n) is 13.5. The van der Waals surface area contributed by atoms with Gasteiger partial charge >= 0.3 is 0 Å². The van der Waals surface area contributed by atoms with Crippen LogP contribution in [0.1, 0.15) is 91.8 Å². The standard InChI is InChI=1S/C31H38N4O/c1-5-7-21(18-32)14-24-16-26-29(36)25-15-22(6-2)28(17-27(25)31(3,4)30(26)34-24)35-12-10-23(11-13-35)33-19-20-8-9-20/h5,7,14-17,20,23,33-34H,6,8-13,19H2,1-4H3/b7-5-,21-14+. The van der Waals surface area contributed by atoms with Crippen LogP contribution in [0.5, 0.6) is 0 Å². The molecule has 1 aliphatic heterocycles. The van der Waals surface area contributed by atoms with Gasteiger partial charge in [-0.15, -0.1) is 0 Å². The number of fused-ring (bicyclic) bond motifs is 2. The summed E-state index contributed by atoms with van der Waals surface area (Å²) in [5.41, 5.74) is 7.10. The Kier molecular flexibility index (Phi) is 6.66. The van der Waals surface area contributed by atoms with Crippen LogP contribution in [0.25, 0.3) is 6.08 Å². The minimum absolute atomic E-state index is 0.0731. The Morgan fingerprint density at radius 3 is 2.58 bits per heavy atom. The van der Waals surface area contributed by atoms with Gasteiger partial charge < -0.3 is 15.2 Å². The Labute approximate surface area is 215 Å². The van der Waals surface area contributed by atoms with E-state index in [1.165, 1.54) is 43.5 Å². The van der Waals surface area contributed by atoms with Crippen LogP contribution in [-0.2, 0) is 11.8 Å². The third kappa shape index (κ3) is 4.55. The van der Waals surface area contributed by atoms with Crippen molar-refractivity contribution in [3.63, 3.8) is 0 Å². The van der Waals surface area contributed by atoms with E-state index in [0.717, 1.165) is 47.9 Å². The number of carbonyl (C=O) groups excluding carboxylic acids is 1. The fraction of sp³-hybridized carbons (Fsp3) is 0.484. The molecule has 1 aromatic heterocycles. The predicted molar refractivity (Wildman–Crippen MR) is 147 cm³/mol. The van der Waals surface area contributed by atoms with E-state index in [1.54, 1.807) is 6.08 Å². The number of hydrogen-bond acceptors (Lipinski definition) is 4. The number of carbonyl (C=O) groups is 1. The van der Waals surface area contributed by atoms with E-state index in [2.05, 4.69) is 54.2 Å². The number of aromatic nitrogens is 1. The molecule has 3 aliphatic rings. The number of benzene rings is 1. The number of aromatic amines is 1. The van der Waals surface area contributed by atoms with Crippen LogP contribution in [0.3, 0.4) is 0 Å². The molecule has 5 nitrogen and oxygen atoms in total. The van der Waals surface area contributed by atoms with E-state index >= 15 is 0 Å². The van der Waals surface area contributed by atoms with Gasteiger partial charge in [-0.25, -0.2) is 0 Å². The van der Waals surface area contributed by atoms with Crippen LogP contribution in [0.4, 0.5) is 5.69 Å². The Morgan fingerprint density at radius 2 is 1.94 bits per heavy atom. The van der Waals surface area contributed by atoms with Crippen LogP contribution in [0.2, 0.25) is 0 Å². The van der Waals surface area contributed by atoms with Crippen LogP contribution in [0, 0.1) is 17.2 Å². The van der Waals surface area contributed by atoms with Gasteiger partial charge in [0.1, 0.15) is 0 Å². The number of allylic oxidation sites excluding steroid dienone is 3. The summed E-state index contributed by atoms with van der Waals surface area (Å²) in [7, 11) is 0. The molecular weight excluding hydrogens is 444 g/mol. The maximum atomic E-state index is 13.7. The number of aryl methyl sites for hydroxylation is 1. The summed E-state index contributed by atoms with van der Waals surface area (Å²) >= 11 is 0. The highest BCUT2D eigenvalue weighted by molar-refractivity contribution is 6.13. The lowest BCUT2D eigenvalue weighted by molar-refractivity contribution is 0.103. The molecule has 2 aromatic rings. The van der Waals surface area contributed by atoms with Gasteiger partial charge in [0.15, 0.2) is 5.78 Å². The molecule has 2 N–H and O–H groups in total. The summed E-state index contributed by atoms with van der Waals surface area (Å²) in [5.74, 6) is 0.989. The summed E-state index contributed by atoms with van der Waals surface area (Å²) in [6, 6.07) is 9.19. The number of ketones is 1. The highest BCUT2D eigenvalue weighted by Gasteiger charge is 2.39. The second kappa shape index (κ2) is 9.75. The lowest BCUT2D eigenvalue weighted by atomic mass is 9.71. The zero-order chi connectivity index (χ0) is 25.4. The van der Waals surface area contributed by atoms with Crippen molar-refractivity contribution in [1.29, 1.82) is 5.26 Å². The molecule has 2 fully saturated rings. The smallest absolute Gasteiger partial charge is 0.195 e. The third-order valence-corrected chi connectivity index (χ3v) is 8.24. The van der Waals surface area contributed by atoms with Crippen molar-refractivity contribution in [3.05, 3.63) is 69.6 Å². The number of hydrogen-bond donors (Lipinski definition) is 2. The maximum absolute atomic E-state index is 13.7. The monoisotopic (exact) mass is 482 g/mol. The molecule has 188 valence electrons. The minimum atomic E-state index is -0.344. The molecular formula is C31H38N4O. The Hall–Kier alpha value is -3.10. The maximum Gasteiger partial charge on any atom is 0.195 e. The van der Waals surface area contributed by atoms with Crippen molar-refractivity contribution in [2.24, 2.45) is 5.92 Å². The molecule has 0 atom stereocenters.